The summed E-state index contributed by atoms with van der Waals surface area (Å²) in [7, 11) is 1.47. The van der Waals surface area contributed by atoms with Crippen molar-refractivity contribution in [3.63, 3.8) is 0 Å². The molecule has 1 saturated heterocycles. The molecule has 0 saturated carbocycles. The van der Waals surface area contributed by atoms with Crippen LogP contribution >= 0.6 is 11.6 Å². The zero-order valence-corrected chi connectivity index (χ0v) is 12.7. The normalized spacial score (nSPS) is 18.1. The Morgan fingerprint density at radius 1 is 1.52 bits per heavy atom. The van der Waals surface area contributed by atoms with E-state index in [1.165, 1.54) is 7.11 Å². The zero-order valence-electron chi connectivity index (χ0n) is 12.0. The van der Waals surface area contributed by atoms with Crippen molar-refractivity contribution < 1.29 is 14.3 Å². The van der Waals surface area contributed by atoms with E-state index in [0.717, 1.165) is 12.0 Å². The Hall–Kier alpha value is -1.59. The molecule has 1 aromatic rings. The van der Waals surface area contributed by atoms with E-state index in [1.807, 2.05) is 24.3 Å². The molecular formula is C15H19ClN2O3. The summed E-state index contributed by atoms with van der Waals surface area (Å²) in [6, 6.07) is 7.49. The van der Waals surface area contributed by atoms with Gasteiger partial charge in [-0.1, -0.05) is 23.7 Å². The van der Waals surface area contributed by atoms with Gasteiger partial charge < -0.3 is 15.0 Å². The van der Waals surface area contributed by atoms with Gasteiger partial charge in [0.15, 0.2) is 0 Å². The predicted octanol–water partition coefficient (Wildman–Crippen LogP) is 1.25. The van der Waals surface area contributed by atoms with Crippen LogP contribution in [0.4, 0.5) is 0 Å². The van der Waals surface area contributed by atoms with Crippen LogP contribution in [0.3, 0.4) is 0 Å². The summed E-state index contributed by atoms with van der Waals surface area (Å²) in [6.45, 7) is 1.21. The molecule has 1 aliphatic rings. The summed E-state index contributed by atoms with van der Waals surface area (Å²) in [6.07, 6.45) is 1.11. The molecule has 6 heteroatoms. The van der Waals surface area contributed by atoms with Crippen molar-refractivity contribution >= 4 is 23.4 Å². The number of carbonyl (C=O) groups is 2. The highest BCUT2D eigenvalue weighted by Crippen LogP contribution is 2.15. The molecule has 1 aliphatic heterocycles. The molecule has 1 atom stereocenters. The number of hydrogen-bond acceptors (Lipinski definition) is 3. The largest absolute Gasteiger partial charge is 0.375 e. The van der Waals surface area contributed by atoms with Gasteiger partial charge in [0.25, 0.3) is 0 Å². The lowest BCUT2D eigenvalue weighted by molar-refractivity contribution is -0.127. The van der Waals surface area contributed by atoms with Gasteiger partial charge in [-0.05, 0) is 24.1 Å². The SMILES string of the molecule is COCC(=O)NC1CC(=O)N(CCc2cccc(Cl)c2)C1. The van der Waals surface area contributed by atoms with E-state index in [2.05, 4.69) is 5.32 Å². The molecule has 0 bridgehead atoms. The molecule has 0 aromatic heterocycles. The van der Waals surface area contributed by atoms with Gasteiger partial charge in [0, 0.05) is 31.6 Å². The topological polar surface area (TPSA) is 58.6 Å². The Kier molecular flexibility index (Phi) is 5.59. The van der Waals surface area contributed by atoms with Crippen molar-refractivity contribution in [1.82, 2.24) is 10.2 Å². The highest BCUT2D eigenvalue weighted by atomic mass is 35.5. The van der Waals surface area contributed by atoms with Crippen molar-refractivity contribution in [2.45, 2.75) is 18.9 Å². The van der Waals surface area contributed by atoms with E-state index in [0.29, 0.717) is 24.5 Å². The molecule has 5 nitrogen and oxygen atoms in total. The Morgan fingerprint density at radius 3 is 3.05 bits per heavy atom. The van der Waals surface area contributed by atoms with Gasteiger partial charge in [-0.3, -0.25) is 9.59 Å². The minimum atomic E-state index is -0.188. The third-order valence-corrected chi connectivity index (χ3v) is 3.65. The fraction of sp³-hybridized carbons (Fsp3) is 0.467. The molecule has 0 radical (unpaired) electrons. The molecule has 1 unspecified atom stereocenters. The first-order valence-electron chi connectivity index (χ1n) is 6.89. The lowest BCUT2D eigenvalue weighted by Crippen LogP contribution is -2.39. The average Bonchev–Trinajstić information content (AvgIpc) is 2.77. The fourth-order valence-electron chi connectivity index (χ4n) is 2.44. The number of carbonyl (C=O) groups excluding carboxylic acids is 2. The van der Waals surface area contributed by atoms with Crippen LogP contribution in [0.1, 0.15) is 12.0 Å². The first kappa shape index (κ1) is 15.8. The van der Waals surface area contributed by atoms with Crippen LogP contribution in [-0.4, -0.2) is 49.6 Å². The second-order valence-electron chi connectivity index (χ2n) is 5.12. The van der Waals surface area contributed by atoms with Gasteiger partial charge in [0.1, 0.15) is 6.61 Å². The van der Waals surface area contributed by atoms with E-state index in [9.17, 15) is 9.59 Å². The second-order valence-corrected chi connectivity index (χ2v) is 5.56. The molecule has 1 heterocycles. The minimum absolute atomic E-state index is 0.0210. The summed E-state index contributed by atoms with van der Waals surface area (Å²) in [5.41, 5.74) is 1.10. The predicted molar refractivity (Wildman–Crippen MR) is 80.2 cm³/mol. The average molecular weight is 311 g/mol. The highest BCUT2D eigenvalue weighted by molar-refractivity contribution is 6.30. The lowest BCUT2D eigenvalue weighted by atomic mass is 10.1. The number of nitrogens with zero attached hydrogens (tertiary/aromatic N) is 1. The smallest absolute Gasteiger partial charge is 0.246 e. The van der Waals surface area contributed by atoms with Gasteiger partial charge in [0.2, 0.25) is 11.8 Å². The standard InChI is InChI=1S/C15H19ClN2O3/c1-21-10-14(19)17-13-8-15(20)18(9-13)6-5-11-3-2-4-12(16)7-11/h2-4,7,13H,5-6,8-10H2,1H3,(H,17,19). The van der Waals surface area contributed by atoms with Crippen molar-refractivity contribution in [2.75, 3.05) is 26.8 Å². The summed E-state index contributed by atoms with van der Waals surface area (Å²) in [5, 5.41) is 3.50. The van der Waals surface area contributed by atoms with E-state index in [1.54, 1.807) is 4.90 Å². The monoisotopic (exact) mass is 310 g/mol. The molecule has 0 aliphatic carbocycles. The summed E-state index contributed by atoms with van der Waals surface area (Å²) < 4.78 is 4.76. The van der Waals surface area contributed by atoms with E-state index in [-0.39, 0.29) is 24.5 Å². The maximum Gasteiger partial charge on any atom is 0.246 e. The molecule has 0 spiro atoms. The quantitative estimate of drug-likeness (QED) is 0.860. The van der Waals surface area contributed by atoms with Crippen LogP contribution in [0.5, 0.6) is 0 Å². The third-order valence-electron chi connectivity index (χ3n) is 3.41. The van der Waals surface area contributed by atoms with Crippen LogP contribution in [0.2, 0.25) is 5.02 Å². The molecule has 114 valence electrons. The van der Waals surface area contributed by atoms with E-state index < -0.39 is 0 Å². The van der Waals surface area contributed by atoms with E-state index in [4.69, 9.17) is 16.3 Å². The van der Waals surface area contributed by atoms with Gasteiger partial charge >= 0.3 is 0 Å². The molecule has 1 N–H and O–H groups in total. The summed E-state index contributed by atoms with van der Waals surface area (Å²) in [4.78, 5) is 25.2. The number of rotatable bonds is 6. The van der Waals surface area contributed by atoms with Crippen molar-refractivity contribution in [3.8, 4) is 0 Å². The Balaban J connectivity index is 1.82. The molecule has 21 heavy (non-hydrogen) atoms. The van der Waals surface area contributed by atoms with Crippen LogP contribution in [0.15, 0.2) is 24.3 Å². The fourth-order valence-corrected chi connectivity index (χ4v) is 2.65. The number of halogens is 1. The number of methoxy groups -OCH3 is 1. The van der Waals surface area contributed by atoms with Crippen LogP contribution in [0.25, 0.3) is 0 Å². The van der Waals surface area contributed by atoms with Gasteiger partial charge in [-0.15, -0.1) is 0 Å². The van der Waals surface area contributed by atoms with E-state index >= 15 is 0 Å². The van der Waals surface area contributed by atoms with Gasteiger partial charge in [-0.2, -0.15) is 0 Å². The second kappa shape index (κ2) is 7.43. The summed E-state index contributed by atoms with van der Waals surface area (Å²) >= 11 is 5.94. The lowest BCUT2D eigenvalue weighted by Gasteiger charge is -2.17. The Morgan fingerprint density at radius 2 is 2.33 bits per heavy atom. The van der Waals surface area contributed by atoms with Crippen molar-refractivity contribution in [1.29, 1.82) is 0 Å². The van der Waals surface area contributed by atoms with Crippen molar-refractivity contribution in [2.24, 2.45) is 0 Å². The molecule has 1 fully saturated rings. The molecule has 1 aromatic carbocycles. The maximum atomic E-state index is 11.9. The molecule has 2 amide bonds. The van der Waals surface area contributed by atoms with Gasteiger partial charge in [-0.25, -0.2) is 0 Å². The maximum absolute atomic E-state index is 11.9. The van der Waals surface area contributed by atoms with Crippen LogP contribution in [-0.2, 0) is 20.7 Å². The number of benzene rings is 1. The first-order chi connectivity index (χ1) is 10.1. The number of nitrogens with one attached hydrogen (secondary N) is 1. The number of hydrogen-bond donors (Lipinski definition) is 1. The Labute approximate surface area is 129 Å². The van der Waals surface area contributed by atoms with Crippen LogP contribution < -0.4 is 5.32 Å². The third kappa shape index (κ3) is 4.72. The van der Waals surface area contributed by atoms with Gasteiger partial charge in [0.05, 0.1) is 6.04 Å². The minimum Gasteiger partial charge on any atom is -0.375 e. The molecular weight excluding hydrogens is 292 g/mol. The Bertz CT molecular complexity index is 521. The first-order valence-corrected chi connectivity index (χ1v) is 7.27. The summed E-state index contributed by atoms with van der Waals surface area (Å²) in [5.74, 6) is -0.119. The zero-order chi connectivity index (χ0) is 15.2. The number of likely N-dealkylation sites (tertiary alicyclic amines) is 1. The highest BCUT2D eigenvalue weighted by Gasteiger charge is 2.30. The number of ether oxygens (including phenoxy) is 1. The van der Waals surface area contributed by atoms with Crippen molar-refractivity contribution in [3.05, 3.63) is 34.9 Å². The molecule has 2 rings (SSSR count). The number of amides is 2. The van der Waals surface area contributed by atoms with Crippen LogP contribution in [0, 0.1) is 0 Å².